The van der Waals surface area contributed by atoms with Gasteiger partial charge in [0.05, 0.1) is 12.2 Å². The predicted octanol–water partition coefficient (Wildman–Crippen LogP) is 0.144. The van der Waals surface area contributed by atoms with E-state index >= 15 is 0 Å². The lowest BCUT2D eigenvalue weighted by atomic mass is 10.0. The summed E-state index contributed by atoms with van der Waals surface area (Å²) in [6.45, 7) is 1.81. The Bertz CT molecular complexity index is 139. The summed E-state index contributed by atoms with van der Waals surface area (Å²) in [6.07, 6.45) is -0.638. The molecule has 12 heavy (non-hydrogen) atoms. The number of hydrogen-bond donors (Lipinski definition) is 1. The lowest BCUT2D eigenvalue weighted by Crippen LogP contribution is -2.48. The molecule has 1 aliphatic heterocycles. The average Bonchev–Trinajstić information content (AvgIpc) is 2.09. The van der Waals surface area contributed by atoms with Crippen LogP contribution in [0.15, 0.2) is 0 Å². The highest BCUT2D eigenvalue weighted by atomic mass is 16.7. The molecule has 0 unspecified atom stereocenters. The van der Waals surface area contributed by atoms with Gasteiger partial charge < -0.3 is 19.3 Å². The van der Waals surface area contributed by atoms with E-state index in [-0.39, 0.29) is 18.5 Å². The molecule has 1 N–H and O–H groups in total. The molecule has 4 nitrogen and oxygen atoms in total. The van der Waals surface area contributed by atoms with Gasteiger partial charge in [-0.25, -0.2) is 0 Å². The second-order valence-electron chi connectivity index (χ2n) is 3.01. The first kappa shape index (κ1) is 9.92. The van der Waals surface area contributed by atoms with Crippen molar-refractivity contribution in [1.82, 2.24) is 0 Å². The van der Waals surface area contributed by atoms with Gasteiger partial charge >= 0.3 is 0 Å². The molecule has 72 valence electrons. The molecule has 1 fully saturated rings. The van der Waals surface area contributed by atoms with Crippen molar-refractivity contribution in [3.8, 4) is 0 Å². The summed E-state index contributed by atoms with van der Waals surface area (Å²) in [7, 11) is 3.17. The molecule has 0 radical (unpaired) electrons. The molecule has 4 atom stereocenters. The van der Waals surface area contributed by atoms with Crippen molar-refractivity contribution in [2.75, 3.05) is 14.2 Å². The van der Waals surface area contributed by atoms with E-state index in [0.29, 0.717) is 6.42 Å². The highest BCUT2D eigenvalue weighted by molar-refractivity contribution is 4.80. The van der Waals surface area contributed by atoms with Crippen LogP contribution in [0.4, 0.5) is 0 Å². The number of aliphatic hydroxyl groups is 1. The maximum Gasteiger partial charge on any atom is 0.160 e. The van der Waals surface area contributed by atoms with Crippen molar-refractivity contribution in [2.24, 2.45) is 0 Å². The first-order valence-electron chi connectivity index (χ1n) is 4.08. The Labute approximate surface area is 72.4 Å². The SMILES string of the molecule is CO[C@@H]1C[C@H](OC)[C@@H](O)[C@@H](C)O1. The van der Waals surface area contributed by atoms with Crippen molar-refractivity contribution in [3.63, 3.8) is 0 Å². The number of aliphatic hydroxyl groups excluding tert-OH is 1. The molecular weight excluding hydrogens is 160 g/mol. The van der Waals surface area contributed by atoms with Gasteiger partial charge in [0.15, 0.2) is 6.29 Å². The van der Waals surface area contributed by atoms with Crippen LogP contribution in [0.2, 0.25) is 0 Å². The summed E-state index contributed by atoms with van der Waals surface area (Å²) in [5, 5.41) is 9.55. The van der Waals surface area contributed by atoms with Crippen LogP contribution in [0, 0.1) is 0 Å². The minimum atomic E-state index is -0.554. The van der Waals surface area contributed by atoms with Gasteiger partial charge in [-0.2, -0.15) is 0 Å². The fourth-order valence-electron chi connectivity index (χ4n) is 1.39. The summed E-state index contributed by atoms with van der Waals surface area (Å²) in [5.41, 5.74) is 0. The summed E-state index contributed by atoms with van der Waals surface area (Å²) < 4.78 is 15.5. The van der Waals surface area contributed by atoms with Crippen LogP contribution in [0.1, 0.15) is 13.3 Å². The highest BCUT2D eigenvalue weighted by Gasteiger charge is 2.35. The van der Waals surface area contributed by atoms with Crippen LogP contribution >= 0.6 is 0 Å². The van der Waals surface area contributed by atoms with Gasteiger partial charge in [0.2, 0.25) is 0 Å². The zero-order valence-electron chi connectivity index (χ0n) is 7.69. The second kappa shape index (κ2) is 4.18. The van der Waals surface area contributed by atoms with Crippen LogP contribution < -0.4 is 0 Å². The molecule has 0 aromatic heterocycles. The standard InChI is InChI=1S/C8H16O4/c1-5-8(9)6(10-2)4-7(11-3)12-5/h5-9H,4H2,1-3H3/t5-,6+,7+,8+/m1/s1. The molecule has 1 aliphatic rings. The Hall–Kier alpha value is -0.160. The number of rotatable bonds is 2. The molecule has 0 spiro atoms. The molecule has 0 aliphatic carbocycles. The number of methoxy groups -OCH3 is 2. The molecule has 0 saturated carbocycles. The van der Waals surface area contributed by atoms with Crippen molar-refractivity contribution < 1.29 is 19.3 Å². The van der Waals surface area contributed by atoms with Gasteiger partial charge in [0, 0.05) is 20.6 Å². The van der Waals surface area contributed by atoms with Gasteiger partial charge in [0.25, 0.3) is 0 Å². The normalized spacial score (nSPS) is 43.0. The largest absolute Gasteiger partial charge is 0.388 e. The van der Waals surface area contributed by atoms with Crippen molar-refractivity contribution in [1.29, 1.82) is 0 Å². The van der Waals surface area contributed by atoms with Gasteiger partial charge in [-0.15, -0.1) is 0 Å². The van der Waals surface area contributed by atoms with E-state index in [2.05, 4.69) is 0 Å². The van der Waals surface area contributed by atoms with E-state index in [1.807, 2.05) is 6.92 Å². The molecule has 1 heterocycles. The van der Waals surface area contributed by atoms with E-state index < -0.39 is 6.10 Å². The summed E-state index contributed by atoms with van der Waals surface area (Å²) in [6, 6.07) is 0. The summed E-state index contributed by atoms with van der Waals surface area (Å²) >= 11 is 0. The third-order valence-electron chi connectivity index (χ3n) is 2.22. The van der Waals surface area contributed by atoms with Crippen LogP contribution in [0.25, 0.3) is 0 Å². The Morgan fingerprint density at radius 3 is 2.50 bits per heavy atom. The minimum Gasteiger partial charge on any atom is -0.388 e. The molecule has 1 saturated heterocycles. The summed E-state index contributed by atoms with van der Waals surface area (Å²) in [5.74, 6) is 0. The maximum absolute atomic E-state index is 9.55. The van der Waals surface area contributed by atoms with E-state index in [9.17, 15) is 5.11 Å². The lowest BCUT2D eigenvalue weighted by molar-refractivity contribution is -0.241. The maximum atomic E-state index is 9.55. The Kier molecular flexibility index (Phi) is 3.46. The number of hydrogen-bond acceptors (Lipinski definition) is 4. The molecule has 0 bridgehead atoms. The molecule has 4 heteroatoms. The third-order valence-corrected chi connectivity index (χ3v) is 2.22. The van der Waals surface area contributed by atoms with Gasteiger partial charge in [-0.3, -0.25) is 0 Å². The summed E-state index contributed by atoms with van der Waals surface area (Å²) in [4.78, 5) is 0. The Morgan fingerprint density at radius 2 is 2.00 bits per heavy atom. The molecule has 0 aromatic carbocycles. The first-order chi connectivity index (χ1) is 5.69. The lowest BCUT2D eigenvalue weighted by Gasteiger charge is -2.36. The fourth-order valence-corrected chi connectivity index (χ4v) is 1.39. The third kappa shape index (κ3) is 1.95. The molecular formula is C8H16O4. The van der Waals surface area contributed by atoms with Gasteiger partial charge in [0.1, 0.15) is 6.10 Å². The van der Waals surface area contributed by atoms with Gasteiger partial charge in [-0.1, -0.05) is 0 Å². The molecule has 0 amide bonds. The molecule has 0 aromatic rings. The Morgan fingerprint density at radius 1 is 1.33 bits per heavy atom. The van der Waals surface area contributed by atoms with Crippen LogP contribution in [0.5, 0.6) is 0 Å². The monoisotopic (exact) mass is 176 g/mol. The van der Waals surface area contributed by atoms with E-state index in [4.69, 9.17) is 14.2 Å². The smallest absolute Gasteiger partial charge is 0.160 e. The van der Waals surface area contributed by atoms with Crippen molar-refractivity contribution in [2.45, 2.75) is 37.9 Å². The highest BCUT2D eigenvalue weighted by Crippen LogP contribution is 2.22. The van der Waals surface area contributed by atoms with Crippen LogP contribution in [-0.2, 0) is 14.2 Å². The predicted molar refractivity (Wildman–Crippen MR) is 42.8 cm³/mol. The second-order valence-corrected chi connectivity index (χ2v) is 3.01. The topological polar surface area (TPSA) is 47.9 Å². The minimum absolute atomic E-state index is 0.182. The quantitative estimate of drug-likeness (QED) is 0.650. The van der Waals surface area contributed by atoms with Gasteiger partial charge in [-0.05, 0) is 6.92 Å². The van der Waals surface area contributed by atoms with Crippen molar-refractivity contribution in [3.05, 3.63) is 0 Å². The van der Waals surface area contributed by atoms with E-state index in [0.717, 1.165) is 0 Å². The molecule has 1 rings (SSSR count). The van der Waals surface area contributed by atoms with Crippen molar-refractivity contribution >= 4 is 0 Å². The zero-order valence-corrected chi connectivity index (χ0v) is 7.69. The zero-order chi connectivity index (χ0) is 9.14. The van der Waals surface area contributed by atoms with Crippen LogP contribution in [0.3, 0.4) is 0 Å². The number of ether oxygens (including phenoxy) is 3. The first-order valence-corrected chi connectivity index (χ1v) is 4.08. The van der Waals surface area contributed by atoms with E-state index in [1.54, 1.807) is 14.2 Å². The fraction of sp³-hybridized carbons (Fsp3) is 1.00. The average molecular weight is 176 g/mol. The van der Waals surface area contributed by atoms with E-state index in [1.165, 1.54) is 0 Å². The van der Waals surface area contributed by atoms with Crippen LogP contribution in [-0.4, -0.2) is 43.9 Å². The Balaban J connectivity index is 2.52.